The van der Waals surface area contributed by atoms with Crippen LogP contribution in [0.5, 0.6) is 0 Å². The van der Waals surface area contributed by atoms with Gasteiger partial charge in [0.05, 0.1) is 12.5 Å². The zero-order valence-corrected chi connectivity index (χ0v) is 21.2. The summed E-state index contributed by atoms with van der Waals surface area (Å²) in [6, 6.07) is 2.52. The summed E-state index contributed by atoms with van der Waals surface area (Å²) in [5.41, 5.74) is 17.7. The number of H-pyrrole nitrogens is 1. The molecule has 5 amide bonds. The molecule has 1 aromatic carbocycles. The predicted molar refractivity (Wildman–Crippen MR) is 138 cm³/mol. The minimum Gasteiger partial charge on any atom is -0.480 e. The highest BCUT2D eigenvalue weighted by Crippen LogP contribution is 2.22. The second-order valence-electron chi connectivity index (χ2n) is 9.50. The van der Waals surface area contributed by atoms with Gasteiger partial charge in [-0.3, -0.25) is 24.0 Å². The monoisotopic (exact) mass is 543 g/mol. The van der Waals surface area contributed by atoms with Gasteiger partial charge in [-0.2, -0.15) is 0 Å². The largest absolute Gasteiger partial charge is 0.480 e. The smallest absolute Gasteiger partial charge is 0.326 e. The Balaban J connectivity index is 1.81. The predicted octanol–water partition coefficient (Wildman–Crippen LogP) is -1.78. The Labute approximate surface area is 223 Å². The number of aliphatic carboxylic acids is 1. The third-order valence-corrected chi connectivity index (χ3v) is 6.61. The van der Waals surface area contributed by atoms with Crippen molar-refractivity contribution in [1.82, 2.24) is 20.5 Å². The minimum absolute atomic E-state index is 0.0106. The zero-order valence-electron chi connectivity index (χ0n) is 21.2. The van der Waals surface area contributed by atoms with Crippen molar-refractivity contribution in [3.8, 4) is 0 Å². The summed E-state index contributed by atoms with van der Waals surface area (Å²) in [5, 5.41) is 15.2. The first-order valence-electron chi connectivity index (χ1n) is 12.5. The van der Waals surface area contributed by atoms with Crippen molar-refractivity contribution in [2.75, 3.05) is 6.54 Å². The van der Waals surface area contributed by atoms with Crippen LogP contribution in [0.25, 0.3) is 10.9 Å². The molecule has 0 bridgehead atoms. The van der Waals surface area contributed by atoms with E-state index in [0.717, 1.165) is 10.9 Å². The molecule has 0 spiro atoms. The van der Waals surface area contributed by atoms with E-state index in [4.69, 9.17) is 17.2 Å². The van der Waals surface area contributed by atoms with Crippen LogP contribution in [-0.4, -0.2) is 81.2 Å². The standard InChI is InChI=1S/C25H33N7O7/c26-15(7-8-20(27)33)24(37)32-9-3-6-19(32)23(36)30-17(22(35)31-18(25(38)39)11-21(28)34)10-13-12-29-16-5-2-1-4-14(13)16/h1-2,4-5,12,15,17-19,29H,3,6-11,26H2,(H2,27,33)(H2,28,34)(H,30,36)(H,31,35)(H,38,39). The average Bonchev–Trinajstić information content (AvgIpc) is 3.53. The van der Waals surface area contributed by atoms with E-state index < -0.39 is 66.1 Å². The Hall–Kier alpha value is -4.46. The van der Waals surface area contributed by atoms with Crippen LogP contribution in [0.15, 0.2) is 30.5 Å². The molecule has 1 saturated heterocycles. The molecular formula is C25H33N7O7. The van der Waals surface area contributed by atoms with Crippen LogP contribution in [0.2, 0.25) is 0 Å². The van der Waals surface area contributed by atoms with Crippen LogP contribution in [-0.2, 0) is 35.2 Å². The quantitative estimate of drug-likeness (QED) is 0.152. The molecule has 4 unspecified atom stereocenters. The molecule has 39 heavy (non-hydrogen) atoms. The molecule has 0 saturated carbocycles. The molecular weight excluding hydrogens is 510 g/mol. The van der Waals surface area contributed by atoms with Gasteiger partial charge in [-0.15, -0.1) is 0 Å². The first kappa shape index (κ1) is 29.1. The fraction of sp³-hybridized carbons (Fsp3) is 0.440. The van der Waals surface area contributed by atoms with E-state index in [1.54, 1.807) is 6.20 Å². The van der Waals surface area contributed by atoms with Gasteiger partial charge in [0.15, 0.2) is 0 Å². The van der Waals surface area contributed by atoms with Gasteiger partial charge in [0, 0.05) is 36.5 Å². The zero-order chi connectivity index (χ0) is 28.7. The second-order valence-corrected chi connectivity index (χ2v) is 9.50. The summed E-state index contributed by atoms with van der Waals surface area (Å²) in [5.74, 6) is -4.96. The lowest BCUT2D eigenvalue weighted by atomic mass is 10.0. The number of amides is 5. The fourth-order valence-corrected chi connectivity index (χ4v) is 4.61. The highest BCUT2D eigenvalue weighted by atomic mass is 16.4. The Morgan fingerprint density at radius 1 is 1.05 bits per heavy atom. The van der Waals surface area contributed by atoms with Crippen molar-refractivity contribution in [2.45, 2.75) is 62.7 Å². The number of fused-ring (bicyclic) bond motifs is 1. The summed E-state index contributed by atoms with van der Waals surface area (Å²) >= 11 is 0. The molecule has 0 aliphatic carbocycles. The molecule has 14 heteroatoms. The SMILES string of the molecule is NC(=O)CCC(N)C(=O)N1CCCC1C(=O)NC(Cc1c[nH]c2ccccc12)C(=O)NC(CC(N)=O)C(=O)O. The van der Waals surface area contributed by atoms with Gasteiger partial charge >= 0.3 is 5.97 Å². The summed E-state index contributed by atoms with van der Waals surface area (Å²) < 4.78 is 0. The number of hydrogen-bond acceptors (Lipinski definition) is 7. The van der Waals surface area contributed by atoms with Crippen molar-refractivity contribution in [3.63, 3.8) is 0 Å². The van der Waals surface area contributed by atoms with E-state index in [9.17, 15) is 33.9 Å². The van der Waals surface area contributed by atoms with Crippen molar-refractivity contribution in [2.24, 2.45) is 17.2 Å². The maximum atomic E-state index is 13.4. The number of carboxylic acids is 1. The van der Waals surface area contributed by atoms with Gasteiger partial charge in [0.1, 0.15) is 18.1 Å². The number of carboxylic acid groups (broad SMARTS) is 1. The third-order valence-electron chi connectivity index (χ3n) is 6.61. The number of para-hydroxylation sites is 1. The molecule has 1 fully saturated rings. The van der Waals surface area contributed by atoms with Crippen molar-refractivity contribution in [3.05, 3.63) is 36.0 Å². The molecule has 0 radical (unpaired) electrons. The number of likely N-dealkylation sites (tertiary alicyclic amines) is 1. The van der Waals surface area contributed by atoms with Gasteiger partial charge in [0.25, 0.3) is 0 Å². The van der Waals surface area contributed by atoms with E-state index in [1.807, 2.05) is 24.3 Å². The Kier molecular flexibility index (Phi) is 9.60. The van der Waals surface area contributed by atoms with Gasteiger partial charge in [-0.05, 0) is 30.9 Å². The van der Waals surface area contributed by atoms with Gasteiger partial charge in [-0.1, -0.05) is 18.2 Å². The van der Waals surface area contributed by atoms with Gasteiger partial charge in [0.2, 0.25) is 29.5 Å². The van der Waals surface area contributed by atoms with E-state index >= 15 is 0 Å². The summed E-state index contributed by atoms with van der Waals surface area (Å²) in [6.45, 7) is 0.264. The molecule has 2 heterocycles. The van der Waals surface area contributed by atoms with Crippen molar-refractivity contribution < 1.29 is 33.9 Å². The van der Waals surface area contributed by atoms with Crippen LogP contribution in [0, 0.1) is 0 Å². The number of aromatic amines is 1. The highest BCUT2D eigenvalue weighted by molar-refractivity contribution is 5.96. The molecule has 1 aliphatic rings. The molecule has 14 nitrogen and oxygen atoms in total. The van der Waals surface area contributed by atoms with Crippen molar-refractivity contribution in [1.29, 1.82) is 0 Å². The second kappa shape index (κ2) is 12.9. The average molecular weight is 544 g/mol. The van der Waals surface area contributed by atoms with E-state index in [0.29, 0.717) is 18.4 Å². The van der Waals surface area contributed by atoms with E-state index in [2.05, 4.69) is 15.6 Å². The molecule has 2 aromatic rings. The molecule has 10 N–H and O–H groups in total. The number of hydrogen-bond donors (Lipinski definition) is 7. The number of nitrogens with two attached hydrogens (primary N) is 3. The summed E-state index contributed by atoms with van der Waals surface area (Å²) in [6.07, 6.45) is 1.82. The molecule has 1 aromatic heterocycles. The number of nitrogens with one attached hydrogen (secondary N) is 3. The van der Waals surface area contributed by atoms with Crippen LogP contribution in [0.1, 0.15) is 37.7 Å². The molecule has 210 valence electrons. The number of carbonyl (C=O) groups is 6. The van der Waals surface area contributed by atoms with Crippen LogP contribution in [0.3, 0.4) is 0 Å². The maximum Gasteiger partial charge on any atom is 0.326 e. The Bertz CT molecular complexity index is 1260. The van der Waals surface area contributed by atoms with Crippen LogP contribution in [0.4, 0.5) is 0 Å². The number of rotatable bonds is 13. The lowest BCUT2D eigenvalue weighted by molar-refractivity contribution is -0.144. The summed E-state index contributed by atoms with van der Waals surface area (Å²) in [4.78, 5) is 77.9. The number of nitrogens with zero attached hydrogens (tertiary/aromatic N) is 1. The maximum absolute atomic E-state index is 13.4. The van der Waals surface area contributed by atoms with Gasteiger partial charge < -0.3 is 42.8 Å². The van der Waals surface area contributed by atoms with Gasteiger partial charge in [-0.25, -0.2) is 4.79 Å². The third kappa shape index (κ3) is 7.54. The normalized spacial score (nSPS) is 17.3. The van der Waals surface area contributed by atoms with E-state index in [-0.39, 0.29) is 25.8 Å². The van der Waals surface area contributed by atoms with Crippen molar-refractivity contribution >= 4 is 46.4 Å². The lowest BCUT2D eigenvalue weighted by Crippen LogP contribution is -2.57. The number of aromatic nitrogens is 1. The number of carbonyl (C=O) groups excluding carboxylic acids is 5. The molecule has 4 atom stereocenters. The Morgan fingerprint density at radius 2 is 1.77 bits per heavy atom. The molecule has 1 aliphatic heterocycles. The number of primary amides is 2. The first-order chi connectivity index (χ1) is 18.5. The molecule has 3 rings (SSSR count). The highest BCUT2D eigenvalue weighted by Gasteiger charge is 2.38. The van der Waals surface area contributed by atoms with E-state index in [1.165, 1.54) is 4.90 Å². The summed E-state index contributed by atoms with van der Waals surface area (Å²) in [7, 11) is 0. The number of benzene rings is 1. The fourth-order valence-electron chi connectivity index (χ4n) is 4.61. The minimum atomic E-state index is -1.59. The van der Waals surface area contributed by atoms with Crippen LogP contribution >= 0.6 is 0 Å². The first-order valence-corrected chi connectivity index (χ1v) is 12.5. The Morgan fingerprint density at radius 3 is 2.44 bits per heavy atom. The van der Waals surface area contributed by atoms with Crippen LogP contribution < -0.4 is 27.8 Å². The lowest BCUT2D eigenvalue weighted by Gasteiger charge is -2.28. The topological polar surface area (TPSA) is 244 Å².